The number of hydrogen-bond donors (Lipinski definition) is 0. The first-order valence-corrected chi connectivity index (χ1v) is 6.31. The maximum absolute atomic E-state index is 3.46. The Morgan fingerprint density at radius 3 is 2.50 bits per heavy atom. The topological polar surface area (TPSA) is 0 Å². The van der Waals surface area contributed by atoms with Gasteiger partial charge < -0.3 is 0 Å². The van der Waals surface area contributed by atoms with Crippen LogP contribution in [0.15, 0.2) is 24.3 Å². The van der Waals surface area contributed by atoms with Gasteiger partial charge in [-0.05, 0) is 29.4 Å². The molecule has 0 amide bonds. The Hall–Kier alpha value is -0.300. The molecule has 1 heteroatoms. The highest BCUT2D eigenvalue weighted by atomic mass is 79.9. The molecule has 0 aromatic heterocycles. The highest BCUT2D eigenvalue weighted by Crippen LogP contribution is 2.23. The third-order valence-electron chi connectivity index (χ3n) is 2.39. The van der Waals surface area contributed by atoms with Gasteiger partial charge in [-0.1, -0.05) is 61.0 Å². The average molecular weight is 255 g/mol. The Morgan fingerprint density at radius 1 is 1.21 bits per heavy atom. The van der Waals surface area contributed by atoms with E-state index in [1.165, 1.54) is 24.0 Å². The summed E-state index contributed by atoms with van der Waals surface area (Å²) >= 11 is 3.46. The van der Waals surface area contributed by atoms with Crippen molar-refractivity contribution < 1.29 is 0 Å². The molecule has 0 fully saturated rings. The molecule has 1 rings (SSSR count). The molecule has 0 aliphatic heterocycles. The van der Waals surface area contributed by atoms with Crippen molar-refractivity contribution in [1.82, 2.24) is 0 Å². The van der Waals surface area contributed by atoms with Crippen LogP contribution in [0.4, 0.5) is 0 Å². The molecule has 1 aromatic carbocycles. The number of alkyl halides is 1. The molecule has 1 aromatic rings. The molecule has 0 aliphatic carbocycles. The summed E-state index contributed by atoms with van der Waals surface area (Å²) < 4.78 is 0. The first kappa shape index (κ1) is 11.8. The highest BCUT2D eigenvalue weighted by molar-refractivity contribution is 9.09. The van der Waals surface area contributed by atoms with Crippen molar-refractivity contribution in [3.63, 3.8) is 0 Å². The zero-order valence-corrected chi connectivity index (χ0v) is 10.9. The largest absolute Gasteiger partial charge is 0.0928 e. The van der Waals surface area contributed by atoms with Gasteiger partial charge in [-0.3, -0.25) is 0 Å². The zero-order valence-electron chi connectivity index (χ0n) is 9.31. The smallest absolute Gasteiger partial charge is 0.00344 e. The molecule has 14 heavy (non-hydrogen) atoms. The Labute approximate surface area is 95.9 Å². The minimum Gasteiger partial charge on any atom is -0.0928 e. The zero-order chi connectivity index (χ0) is 10.6. The summed E-state index contributed by atoms with van der Waals surface area (Å²) in [5, 5.41) is 1.09. The van der Waals surface area contributed by atoms with E-state index >= 15 is 0 Å². The Bertz CT molecular complexity index is 284. The van der Waals surface area contributed by atoms with Crippen molar-refractivity contribution in [3.8, 4) is 0 Å². The van der Waals surface area contributed by atoms with Crippen LogP contribution >= 0.6 is 15.9 Å². The van der Waals surface area contributed by atoms with Gasteiger partial charge in [0, 0.05) is 5.33 Å². The van der Waals surface area contributed by atoms with Crippen LogP contribution in [0.3, 0.4) is 0 Å². The van der Waals surface area contributed by atoms with Gasteiger partial charge in [-0.25, -0.2) is 0 Å². The summed E-state index contributed by atoms with van der Waals surface area (Å²) in [4.78, 5) is 0. The number of halogens is 1. The van der Waals surface area contributed by atoms with Gasteiger partial charge in [-0.15, -0.1) is 0 Å². The fraction of sp³-hybridized carbons (Fsp3) is 0.538. The maximum Gasteiger partial charge on any atom is 0.00344 e. The molecule has 0 heterocycles. The molecule has 0 unspecified atom stereocenters. The van der Waals surface area contributed by atoms with E-state index in [-0.39, 0.29) is 5.41 Å². The second-order valence-electron chi connectivity index (χ2n) is 4.74. The van der Waals surface area contributed by atoms with Crippen LogP contribution < -0.4 is 0 Å². The quantitative estimate of drug-likeness (QED) is 0.706. The predicted molar refractivity (Wildman–Crippen MR) is 67.3 cm³/mol. The Balaban J connectivity index is 2.79. The van der Waals surface area contributed by atoms with Crippen LogP contribution in [0, 0.1) is 0 Å². The maximum atomic E-state index is 3.46. The lowest BCUT2D eigenvalue weighted by molar-refractivity contribution is 0.589. The van der Waals surface area contributed by atoms with E-state index in [1.807, 2.05) is 0 Å². The molecule has 0 aliphatic rings. The van der Waals surface area contributed by atoms with E-state index in [0.29, 0.717) is 0 Å². The minimum atomic E-state index is 0.268. The van der Waals surface area contributed by atoms with Gasteiger partial charge in [0.15, 0.2) is 0 Å². The van der Waals surface area contributed by atoms with Crippen molar-refractivity contribution in [3.05, 3.63) is 35.4 Å². The van der Waals surface area contributed by atoms with Crippen LogP contribution in [0.1, 0.15) is 38.3 Å². The molecular formula is C13H19Br. The van der Waals surface area contributed by atoms with Crippen molar-refractivity contribution in [2.75, 3.05) is 5.33 Å². The number of hydrogen-bond acceptors (Lipinski definition) is 0. The van der Waals surface area contributed by atoms with Crippen molar-refractivity contribution in [1.29, 1.82) is 0 Å². The van der Waals surface area contributed by atoms with Gasteiger partial charge >= 0.3 is 0 Å². The van der Waals surface area contributed by atoms with Crippen LogP contribution in [0.25, 0.3) is 0 Å². The molecule has 0 nitrogen and oxygen atoms in total. The van der Waals surface area contributed by atoms with Crippen molar-refractivity contribution >= 4 is 15.9 Å². The van der Waals surface area contributed by atoms with Gasteiger partial charge in [0.1, 0.15) is 0 Å². The summed E-state index contributed by atoms with van der Waals surface area (Å²) in [5.74, 6) is 0. The predicted octanol–water partition coefficient (Wildman–Crippen LogP) is 4.31. The lowest BCUT2D eigenvalue weighted by Crippen LogP contribution is -2.11. The molecule has 0 saturated heterocycles. The normalized spacial score (nSPS) is 11.7. The summed E-state index contributed by atoms with van der Waals surface area (Å²) in [6, 6.07) is 8.95. The number of rotatable bonds is 3. The van der Waals surface area contributed by atoms with Crippen molar-refractivity contribution in [2.45, 2.75) is 39.0 Å². The lowest BCUT2D eigenvalue weighted by atomic mass is 9.86. The van der Waals surface area contributed by atoms with Gasteiger partial charge in [-0.2, -0.15) is 0 Å². The van der Waals surface area contributed by atoms with E-state index in [9.17, 15) is 0 Å². The number of benzene rings is 1. The molecule has 0 radical (unpaired) electrons. The summed E-state index contributed by atoms with van der Waals surface area (Å²) in [6.45, 7) is 6.78. The SMILES string of the molecule is CC(C)(C)c1cccc(CCCBr)c1. The fourth-order valence-electron chi connectivity index (χ4n) is 1.46. The lowest BCUT2D eigenvalue weighted by Gasteiger charge is -2.19. The third-order valence-corrected chi connectivity index (χ3v) is 2.95. The van der Waals surface area contributed by atoms with E-state index < -0.39 is 0 Å². The van der Waals surface area contributed by atoms with Crippen molar-refractivity contribution in [2.24, 2.45) is 0 Å². The number of aryl methyl sites for hydroxylation is 1. The van der Waals surface area contributed by atoms with Crippen LogP contribution in [-0.4, -0.2) is 5.33 Å². The molecule has 0 bridgehead atoms. The first-order valence-electron chi connectivity index (χ1n) is 5.19. The van der Waals surface area contributed by atoms with Crippen LogP contribution in [-0.2, 0) is 11.8 Å². The van der Waals surface area contributed by atoms with E-state index in [4.69, 9.17) is 0 Å². The molecule has 0 atom stereocenters. The molecule has 0 N–H and O–H groups in total. The molecular weight excluding hydrogens is 236 g/mol. The second kappa shape index (κ2) is 4.97. The monoisotopic (exact) mass is 254 g/mol. The van der Waals surface area contributed by atoms with Gasteiger partial charge in [0.05, 0.1) is 0 Å². The van der Waals surface area contributed by atoms with E-state index in [2.05, 4.69) is 61.0 Å². The van der Waals surface area contributed by atoms with Crippen LogP contribution in [0.5, 0.6) is 0 Å². The summed E-state index contributed by atoms with van der Waals surface area (Å²) in [6.07, 6.45) is 2.39. The molecule has 0 saturated carbocycles. The molecule has 78 valence electrons. The standard InChI is InChI=1S/C13H19Br/c1-13(2,3)12-8-4-6-11(10-12)7-5-9-14/h4,6,8,10H,5,7,9H2,1-3H3. The highest BCUT2D eigenvalue weighted by Gasteiger charge is 2.13. The minimum absolute atomic E-state index is 0.268. The second-order valence-corrected chi connectivity index (χ2v) is 5.54. The van der Waals surface area contributed by atoms with Gasteiger partial charge in [0.2, 0.25) is 0 Å². The van der Waals surface area contributed by atoms with Gasteiger partial charge in [0.25, 0.3) is 0 Å². The third kappa shape index (κ3) is 3.45. The Kier molecular flexibility index (Phi) is 4.18. The van der Waals surface area contributed by atoms with E-state index in [0.717, 1.165) is 5.33 Å². The van der Waals surface area contributed by atoms with E-state index in [1.54, 1.807) is 0 Å². The summed E-state index contributed by atoms with van der Waals surface area (Å²) in [5.41, 5.74) is 3.16. The first-order chi connectivity index (χ1) is 6.54. The summed E-state index contributed by atoms with van der Waals surface area (Å²) in [7, 11) is 0. The molecule has 0 spiro atoms. The van der Waals surface area contributed by atoms with Crippen LogP contribution in [0.2, 0.25) is 0 Å². The fourth-order valence-corrected chi connectivity index (χ4v) is 1.74. The Morgan fingerprint density at radius 2 is 1.93 bits per heavy atom. The average Bonchev–Trinajstić information content (AvgIpc) is 2.14.